The van der Waals surface area contributed by atoms with Crippen molar-refractivity contribution in [1.82, 2.24) is 0 Å². The minimum atomic E-state index is -4.08. The number of halogens is 3. The summed E-state index contributed by atoms with van der Waals surface area (Å²) in [6, 6.07) is 0. The van der Waals surface area contributed by atoms with E-state index in [-0.39, 0.29) is 12.0 Å². The molecule has 1 heterocycles. The van der Waals surface area contributed by atoms with Crippen LogP contribution in [-0.2, 0) is 8.92 Å². The smallest absolute Gasteiger partial charge is 0.389 e. The van der Waals surface area contributed by atoms with Crippen molar-refractivity contribution in [3.05, 3.63) is 11.8 Å². The molecule has 0 saturated carbocycles. The Bertz CT molecular complexity index is 335. The molecule has 1 aliphatic rings. The predicted octanol–water partition coefficient (Wildman–Crippen LogP) is 4.86. The summed E-state index contributed by atoms with van der Waals surface area (Å²) >= 11 is 1.08. The second kappa shape index (κ2) is 5.95. The third kappa shape index (κ3) is 7.11. The van der Waals surface area contributed by atoms with Crippen LogP contribution in [0, 0.1) is 0 Å². The average Bonchev–Trinajstić information content (AvgIpc) is 2.09. The van der Waals surface area contributed by atoms with Crippen LogP contribution in [0.2, 0.25) is 0 Å². The van der Waals surface area contributed by atoms with Crippen LogP contribution in [0.25, 0.3) is 0 Å². The molecule has 2 nitrogen and oxygen atoms in total. The van der Waals surface area contributed by atoms with Crippen LogP contribution < -0.4 is 0 Å². The van der Waals surface area contributed by atoms with Gasteiger partial charge in [0, 0.05) is 18.6 Å². The van der Waals surface area contributed by atoms with Gasteiger partial charge in [-0.15, -0.1) is 0 Å². The molecule has 0 spiro atoms. The summed E-state index contributed by atoms with van der Waals surface area (Å²) in [6.07, 6.45) is -2.26. The fourth-order valence-corrected chi connectivity index (χ4v) is 2.74. The average molecular weight is 298 g/mol. The van der Waals surface area contributed by atoms with Crippen LogP contribution in [0.15, 0.2) is 11.8 Å². The van der Waals surface area contributed by atoms with Crippen LogP contribution in [0.3, 0.4) is 0 Å². The first-order valence-corrected chi connectivity index (χ1v) is 7.18. The molecule has 19 heavy (non-hydrogen) atoms. The zero-order chi connectivity index (χ0) is 14.7. The molecule has 1 aliphatic heterocycles. The standard InChI is InChI=1S/C13H21F3O2S/c1-11(2)8-10(9-12(3,4)18-11)17-19-7-5-6-13(14,15)16/h8H,5-7,9H2,1-4H3. The van der Waals surface area contributed by atoms with Gasteiger partial charge in [-0.1, -0.05) is 0 Å². The van der Waals surface area contributed by atoms with Crippen molar-refractivity contribution in [2.45, 2.75) is 64.3 Å². The fraction of sp³-hybridized carbons (Fsp3) is 0.846. The lowest BCUT2D eigenvalue weighted by molar-refractivity contribution is -0.134. The first-order valence-electron chi connectivity index (χ1n) is 6.27. The molecule has 0 aromatic heterocycles. The van der Waals surface area contributed by atoms with E-state index in [1.165, 1.54) is 0 Å². The fourth-order valence-electron chi connectivity index (χ4n) is 2.14. The molecular weight excluding hydrogens is 277 g/mol. The van der Waals surface area contributed by atoms with E-state index >= 15 is 0 Å². The van der Waals surface area contributed by atoms with Gasteiger partial charge in [0.25, 0.3) is 0 Å². The first kappa shape index (κ1) is 16.7. The van der Waals surface area contributed by atoms with Crippen molar-refractivity contribution < 1.29 is 22.1 Å². The normalized spacial score (nSPS) is 21.9. The van der Waals surface area contributed by atoms with Crippen molar-refractivity contribution in [2.24, 2.45) is 0 Å². The lowest BCUT2D eigenvalue weighted by atomic mass is 9.94. The van der Waals surface area contributed by atoms with Crippen molar-refractivity contribution in [1.29, 1.82) is 0 Å². The highest BCUT2D eigenvalue weighted by Gasteiger charge is 2.35. The van der Waals surface area contributed by atoms with Gasteiger partial charge in [-0.2, -0.15) is 13.2 Å². The second-order valence-electron chi connectivity index (χ2n) is 5.88. The van der Waals surface area contributed by atoms with Gasteiger partial charge < -0.3 is 8.92 Å². The summed E-state index contributed by atoms with van der Waals surface area (Å²) in [5.41, 5.74) is -0.732. The summed E-state index contributed by atoms with van der Waals surface area (Å²) in [4.78, 5) is 0. The number of ether oxygens (including phenoxy) is 1. The van der Waals surface area contributed by atoms with Crippen molar-refractivity contribution in [3.8, 4) is 0 Å². The van der Waals surface area contributed by atoms with E-state index in [9.17, 15) is 13.2 Å². The van der Waals surface area contributed by atoms with Crippen LogP contribution in [0.4, 0.5) is 13.2 Å². The number of hydrogen-bond acceptors (Lipinski definition) is 3. The van der Waals surface area contributed by atoms with E-state index in [2.05, 4.69) is 0 Å². The maximum Gasteiger partial charge on any atom is 0.389 e. The van der Waals surface area contributed by atoms with E-state index in [1.54, 1.807) is 0 Å². The summed E-state index contributed by atoms with van der Waals surface area (Å²) in [5, 5.41) is 0. The Balaban J connectivity index is 2.35. The van der Waals surface area contributed by atoms with Crippen LogP contribution >= 0.6 is 12.0 Å². The Labute approximate surface area is 116 Å². The molecule has 0 aromatic carbocycles. The molecular formula is C13H21F3O2S. The molecule has 0 bridgehead atoms. The molecule has 0 fully saturated rings. The van der Waals surface area contributed by atoms with Gasteiger partial charge in [-0.05, 0) is 40.2 Å². The molecule has 0 saturated heterocycles. The summed E-state index contributed by atoms with van der Waals surface area (Å²) in [6.45, 7) is 7.82. The number of rotatable bonds is 5. The lowest BCUT2D eigenvalue weighted by Crippen LogP contribution is -2.40. The Hall–Kier alpha value is -0.360. The van der Waals surface area contributed by atoms with Crippen LogP contribution in [-0.4, -0.2) is 23.1 Å². The van der Waals surface area contributed by atoms with Crippen molar-refractivity contribution in [2.75, 3.05) is 5.75 Å². The maximum atomic E-state index is 12.0. The monoisotopic (exact) mass is 298 g/mol. The lowest BCUT2D eigenvalue weighted by Gasteiger charge is -2.39. The molecule has 0 radical (unpaired) electrons. The Morgan fingerprint density at radius 1 is 1.32 bits per heavy atom. The van der Waals surface area contributed by atoms with E-state index < -0.39 is 18.2 Å². The quantitative estimate of drug-likeness (QED) is 0.533. The van der Waals surface area contributed by atoms with Gasteiger partial charge in [0.1, 0.15) is 5.76 Å². The van der Waals surface area contributed by atoms with Gasteiger partial charge in [0.05, 0.1) is 23.2 Å². The molecule has 1 rings (SSSR count). The molecule has 112 valence electrons. The molecule has 0 amide bonds. The number of alkyl halides is 3. The third-order valence-electron chi connectivity index (χ3n) is 2.50. The Morgan fingerprint density at radius 3 is 2.47 bits per heavy atom. The zero-order valence-corrected chi connectivity index (χ0v) is 12.6. The van der Waals surface area contributed by atoms with Gasteiger partial charge in [-0.25, -0.2) is 0 Å². The molecule has 0 aromatic rings. The minimum absolute atomic E-state index is 0.0741. The molecule has 0 atom stereocenters. The zero-order valence-electron chi connectivity index (χ0n) is 11.8. The van der Waals surface area contributed by atoms with Gasteiger partial charge in [-0.3, -0.25) is 0 Å². The highest BCUT2D eigenvalue weighted by atomic mass is 32.2. The SMILES string of the molecule is CC1(C)C=C(OSCCCC(F)(F)F)CC(C)(C)O1. The van der Waals surface area contributed by atoms with Gasteiger partial charge in [0.2, 0.25) is 0 Å². The van der Waals surface area contributed by atoms with Crippen molar-refractivity contribution >= 4 is 12.0 Å². The first-order chi connectivity index (χ1) is 8.49. The van der Waals surface area contributed by atoms with Crippen LogP contribution in [0.5, 0.6) is 0 Å². The van der Waals surface area contributed by atoms with Gasteiger partial charge >= 0.3 is 6.18 Å². The Morgan fingerprint density at radius 2 is 1.95 bits per heavy atom. The third-order valence-corrected chi connectivity index (χ3v) is 3.29. The van der Waals surface area contributed by atoms with Crippen molar-refractivity contribution in [3.63, 3.8) is 0 Å². The molecule has 0 aliphatic carbocycles. The summed E-state index contributed by atoms with van der Waals surface area (Å²) in [7, 11) is 0. The highest BCUT2D eigenvalue weighted by molar-refractivity contribution is 7.94. The largest absolute Gasteiger partial charge is 0.430 e. The van der Waals surface area contributed by atoms with E-state index in [4.69, 9.17) is 8.92 Å². The van der Waals surface area contributed by atoms with E-state index in [1.807, 2.05) is 33.8 Å². The van der Waals surface area contributed by atoms with E-state index in [0.29, 0.717) is 12.2 Å². The second-order valence-corrected chi connectivity index (χ2v) is 6.69. The topological polar surface area (TPSA) is 18.5 Å². The van der Waals surface area contributed by atoms with E-state index in [0.717, 1.165) is 17.8 Å². The van der Waals surface area contributed by atoms with Gasteiger partial charge in [0.15, 0.2) is 0 Å². The summed E-state index contributed by atoms with van der Waals surface area (Å²) in [5.74, 6) is 1.11. The van der Waals surface area contributed by atoms with Crippen LogP contribution in [0.1, 0.15) is 47.0 Å². The molecule has 6 heteroatoms. The minimum Gasteiger partial charge on any atom is -0.430 e. The predicted molar refractivity (Wildman–Crippen MR) is 70.8 cm³/mol. The highest BCUT2D eigenvalue weighted by Crippen LogP contribution is 2.35. The Kier molecular flexibility index (Phi) is 5.23. The summed E-state index contributed by atoms with van der Waals surface area (Å²) < 4.78 is 47.2. The molecule has 0 unspecified atom stereocenters. The maximum absolute atomic E-state index is 12.0. The molecule has 0 N–H and O–H groups in total. The number of hydrogen-bond donors (Lipinski definition) is 0.